The molecule has 0 amide bonds. The first-order valence-electron chi connectivity index (χ1n) is 9.16. The second kappa shape index (κ2) is 5.33. The third kappa shape index (κ3) is 2.35. The minimum atomic E-state index is 0.146. The van der Waals surface area contributed by atoms with Crippen LogP contribution in [0, 0.1) is 6.92 Å². The molecule has 2 aromatic carbocycles. The zero-order valence-electron chi connectivity index (χ0n) is 14.7. The number of hydrogen-bond acceptors (Lipinski definition) is 3. The third-order valence-electron chi connectivity index (χ3n) is 6.12. The molecule has 128 valence electrons. The lowest BCUT2D eigenvalue weighted by Gasteiger charge is -2.33. The molecule has 0 spiro atoms. The minimum absolute atomic E-state index is 0.146. The summed E-state index contributed by atoms with van der Waals surface area (Å²) in [6.07, 6.45) is 5.67. The number of nitrogens with zero attached hydrogens (tertiary/aromatic N) is 3. The molecule has 5 rings (SSSR count). The zero-order valence-corrected chi connectivity index (χ0v) is 14.7. The van der Waals surface area contributed by atoms with Crippen LogP contribution in [0.5, 0.6) is 0 Å². The highest BCUT2D eigenvalue weighted by molar-refractivity contribution is 5.82. The quantitative estimate of drug-likeness (QED) is 0.744. The van der Waals surface area contributed by atoms with Gasteiger partial charge in [0.15, 0.2) is 0 Å². The largest absolute Gasteiger partial charge is 0.399 e. The van der Waals surface area contributed by atoms with Gasteiger partial charge in [-0.1, -0.05) is 29.8 Å². The number of piperidine rings is 1. The van der Waals surface area contributed by atoms with E-state index in [1.807, 2.05) is 18.3 Å². The predicted octanol–water partition coefficient (Wildman–Crippen LogP) is 3.69. The summed E-state index contributed by atoms with van der Waals surface area (Å²) in [6.45, 7) is 4.28. The number of nitrogen functional groups attached to an aromatic ring is 1. The lowest BCUT2D eigenvalue weighted by Crippen LogP contribution is -2.40. The lowest BCUT2D eigenvalue weighted by molar-refractivity contribution is 0.161. The van der Waals surface area contributed by atoms with Crippen molar-refractivity contribution in [1.29, 1.82) is 0 Å². The molecule has 1 saturated carbocycles. The van der Waals surface area contributed by atoms with Crippen LogP contribution in [0.3, 0.4) is 0 Å². The molecule has 0 radical (unpaired) electrons. The minimum Gasteiger partial charge on any atom is -0.399 e. The molecular weight excluding hydrogens is 308 g/mol. The second-order valence-corrected chi connectivity index (χ2v) is 7.89. The van der Waals surface area contributed by atoms with Crippen LogP contribution in [-0.2, 0) is 12.1 Å². The summed E-state index contributed by atoms with van der Waals surface area (Å²) < 4.78 is 2.29. The van der Waals surface area contributed by atoms with Crippen molar-refractivity contribution in [3.05, 3.63) is 59.8 Å². The maximum Gasteiger partial charge on any atom is 0.0776 e. The van der Waals surface area contributed by atoms with E-state index < -0.39 is 0 Å². The smallest absolute Gasteiger partial charge is 0.0776 e. The van der Waals surface area contributed by atoms with E-state index in [-0.39, 0.29) is 5.54 Å². The Morgan fingerprint density at radius 1 is 1.20 bits per heavy atom. The number of aromatic nitrogens is 2. The number of nitrogens with two attached hydrogens (primary N) is 1. The Bertz CT molecular complexity index is 927. The van der Waals surface area contributed by atoms with Crippen LogP contribution in [0.1, 0.15) is 30.4 Å². The Hall–Kier alpha value is -2.33. The third-order valence-corrected chi connectivity index (χ3v) is 6.12. The van der Waals surface area contributed by atoms with E-state index in [1.165, 1.54) is 35.9 Å². The van der Waals surface area contributed by atoms with Crippen molar-refractivity contribution < 1.29 is 0 Å². The average Bonchev–Trinajstić information content (AvgIpc) is 3.29. The van der Waals surface area contributed by atoms with Gasteiger partial charge in [0.2, 0.25) is 0 Å². The Morgan fingerprint density at radius 3 is 2.88 bits per heavy atom. The molecule has 2 atom stereocenters. The predicted molar refractivity (Wildman–Crippen MR) is 101 cm³/mol. The normalized spacial score (nSPS) is 25.9. The van der Waals surface area contributed by atoms with Gasteiger partial charge in [-0.05, 0) is 49.9 Å². The molecular formula is C21H24N4. The number of rotatable bonds is 3. The fraction of sp³-hybridized carbons (Fsp3) is 0.381. The average molecular weight is 332 g/mol. The number of likely N-dealkylation sites (tertiary alicyclic amines) is 1. The lowest BCUT2D eigenvalue weighted by atomic mass is 9.98. The highest BCUT2D eigenvalue weighted by atomic mass is 15.4. The highest BCUT2D eigenvalue weighted by Crippen LogP contribution is 2.47. The Kier molecular flexibility index (Phi) is 3.19. The van der Waals surface area contributed by atoms with E-state index in [0.717, 1.165) is 24.2 Å². The summed E-state index contributed by atoms with van der Waals surface area (Å²) in [5, 5.41) is 5.92. The standard InChI is InChI=1S/C21H24N4/c1-15-2-4-16(5-3-15)13-24-14-21(9-8-19(24)11-21)25-20-7-6-18(22)10-17(20)12-23-25/h2-7,10,12,19H,8-9,11,13-14,22H2,1H3. The number of anilines is 1. The maximum absolute atomic E-state index is 5.93. The van der Waals surface area contributed by atoms with Crippen LogP contribution >= 0.6 is 0 Å². The van der Waals surface area contributed by atoms with E-state index in [0.29, 0.717) is 6.04 Å². The molecule has 2 N–H and O–H groups in total. The second-order valence-electron chi connectivity index (χ2n) is 7.89. The van der Waals surface area contributed by atoms with Crippen molar-refractivity contribution in [2.24, 2.45) is 0 Å². The van der Waals surface area contributed by atoms with Crippen LogP contribution < -0.4 is 5.73 Å². The van der Waals surface area contributed by atoms with Gasteiger partial charge >= 0.3 is 0 Å². The molecule has 2 aliphatic rings. The monoisotopic (exact) mass is 332 g/mol. The first-order valence-corrected chi connectivity index (χ1v) is 9.16. The van der Waals surface area contributed by atoms with Gasteiger partial charge in [-0.2, -0.15) is 5.10 Å². The Labute approximate surface area is 148 Å². The fourth-order valence-corrected chi connectivity index (χ4v) is 4.84. The summed E-state index contributed by atoms with van der Waals surface area (Å²) >= 11 is 0. The summed E-state index contributed by atoms with van der Waals surface area (Å²) in [6, 6.07) is 15.8. The van der Waals surface area contributed by atoms with Crippen LogP contribution in [-0.4, -0.2) is 27.3 Å². The van der Waals surface area contributed by atoms with Gasteiger partial charge in [0.25, 0.3) is 0 Å². The Morgan fingerprint density at radius 2 is 2.04 bits per heavy atom. The van der Waals surface area contributed by atoms with E-state index in [4.69, 9.17) is 10.8 Å². The molecule has 4 nitrogen and oxygen atoms in total. The molecule has 2 heterocycles. The van der Waals surface area contributed by atoms with Gasteiger partial charge in [0, 0.05) is 30.2 Å². The fourth-order valence-electron chi connectivity index (χ4n) is 4.84. The molecule has 2 fully saturated rings. The topological polar surface area (TPSA) is 47.1 Å². The first kappa shape index (κ1) is 15.0. The van der Waals surface area contributed by atoms with Crippen LogP contribution in [0.2, 0.25) is 0 Å². The SMILES string of the molecule is Cc1ccc(CN2CC3(n4ncc5cc(N)ccc54)CCC2C3)cc1. The molecule has 1 saturated heterocycles. The number of hydrogen-bond donors (Lipinski definition) is 1. The van der Waals surface area contributed by atoms with Crippen molar-refractivity contribution >= 4 is 16.6 Å². The van der Waals surface area contributed by atoms with Crippen molar-refractivity contribution in [1.82, 2.24) is 14.7 Å². The summed E-state index contributed by atoms with van der Waals surface area (Å²) in [5.74, 6) is 0. The summed E-state index contributed by atoms with van der Waals surface area (Å²) in [7, 11) is 0. The number of aryl methyl sites for hydroxylation is 1. The van der Waals surface area contributed by atoms with Crippen molar-refractivity contribution in [2.75, 3.05) is 12.3 Å². The highest BCUT2D eigenvalue weighted by Gasteiger charge is 2.51. The van der Waals surface area contributed by atoms with E-state index in [9.17, 15) is 0 Å². The summed E-state index contributed by atoms with van der Waals surface area (Å²) in [4.78, 5) is 2.65. The van der Waals surface area contributed by atoms with Gasteiger partial charge in [0.05, 0.1) is 17.3 Å². The molecule has 25 heavy (non-hydrogen) atoms. The van der Waals surface area contributed by atoms with Crippen LogP contribution in [0.25, 0.3) is 10.9 Å². The van der Waals surface area contributed by atoms with Gasteiger partial charge < -0.3 is 5.73 Å². The van der Waals surface area contributed by atoms with Gasteiger partial charge in [-0.3, -0.25) is 9.58 Å². The molecule has 2 unspecified atom stereocenters. The number of fused-ring (bicyclic) bond motifs is 3. The van der Waals surface area contributed by atoms with Gasteiger partial charge in [0.1, 0.15) is 0 Å². The summed E-state index contributed by atoms with van der Waals surface area (Å²) in [5.41, 5.74) is 10.8. The van der Waals surface area contributed by atoms with Crippen LogP contribution in [0.4, 0.5) is 5.69 Å². The first-order chi connectivity index (χ1) is 12.1. The van der Waals surface area contributed by atoms with Gasteiger partial charge in [-0.15, -0.1) is 0 Å². The number of benzene rings is 2. The van der Waals surface area contributed by atoms with Crippen molar-refractivity contribution in [2.45, 2.75) is 44.3 Å². The molecule has 1 aromatic heterocycles. The zero-order chi connectivity index (χ0) is 17.0. The molecule has 1 aliphatic heterocycles. The van der Waals surface area contributed by atoms with E-state index >= 15 is 0 Å². The molecule has 1 aliphatic carbocycles. The molecule has 4 heteroatoms. The van der Waals surface area contributed by atoms with Crippen molar-refractivity contribution in [3.8, 4) is 0 Å². The van der Waals surface area contributed by atoms with Crippen molar-refractivity contribution in [3.63, 3.8) is 0 Å². The van der Waals surface area contributed by atoms with E-state index in [2.05, 4.69) is 46.8 Å². The van der Waals surface area contributed by atoms with Crippen LogP contribution in [0.15, 0.2) is 48.7 Å². The molecule has 3 aromatic rings. The molecule has 2 bridgehead atoms. The van der Waals surface area contributed by atoms with Gasteiger partial charge in [-0.25, -0.2) is 0 Å². The Balaban J connectivity index is 1.45. The maximum atomic E-state index is 5.93. The van der Waals surface area contributed by atoms with E-state index in [1.54, 1.807) is 0 Å².